The Kier molecular flexibility index (Phi) is 5.18. The van der Waals surface area contributed by atoms with Crippen LogP contribution in [0.2, 0.25) is 0 Å². The molecule has 20 heavy (non-hydrogen) atoms. The minimum absolute atomic E-state index is 0.231. The molecule has 0 aliphatic heterocycles. The second kappa shape index (κ2) is 6.89. The van der Waals surface area contributed by atoms with Crippen LogP contribution in [-0.4, -0.2) is 30.4 Å². The monoisotopic (exact) mass is 274 g/mol. The normalized spacial score (nSPS) is 16.2. The molecule has 2 rings (SSSR count). The fraction of sp³-hybridized carbons (Fsp3) is 0.588. The van der Waals surface area contributed by atoms with Gasteiger partial charge in [-0.2, -0.15) is 0 Å². The van der Waals surface area contributed by atoms with Gasteiger partial charge in [-0.3, -0.25) is 9.69 Å². The van der Waals surface area contributed by atoms with Gasteiger partial charge in [0, 0.05) is 12.5 Å². The van der Waals surface area contributed by atoms with Crippen LogP contribution in [0.15, 0.2) is 24.3 Å². The van der Waals surface area contributed by atoms with Gasteiger partial charge in [0.2, 0.25) is 5.91 Å². The van der Waals surface area contributed by atoms with Crippen LogP contribution in [0, 0.1) is 12.8 Å². The van der Waals surface area contributed by atoms with Crippen molar-refractivity contribution in [1.82, 2.24) is 10.2 Å². The number of rotatable bonds is 7. The maximum absolute atomic E-state index is 11.9. The van der Waals surface area contributed by atoms with Crippen LogP contribution in [0.25, 0.3) is 0 Å². The molecule has 1 saturated carbocycles. The quantitative estimate of drug-likeness (QED) is 0.829. The van der Waals surface area contributed by atoms with E-state index < -0.39 is 0 Å². The smallest absolute Gasteiger partial charge is 0.223 e. The number of aryl methyl sites for hydroxylation is 1. The molecule has 3 heteroatoms. The highest BCUT2D eigenvalue weighted by atomic mass is 16.2. The fourth-order valence-electron chi connectivity index (χ4n) is 2.60. The number of hydrogen-bond acceptors (Lipinski definition) is 2. The van der Waals surface area contributed by atoms with E-state index >= 15 is 0 Å². The molecule has 0 radical (unpaired) electrons. The third-order valence-electron chi connectivity index (χ3n) is 4.13. The minimum Gasteiger partial charge on any atom is -0.354 e. The summed E-state index contributed by atoms with van der Waals surface area (Å²) in [5.41, 5.74) is 2.56. The lowest BCUT2D eigenvalue weighted by atomic mass is 10.0. The van der Waals surface area contributed by atoms with E-state index in [-0.39, 0.29) is 17.9 Å². The van der Waals surface area contributed by atoms with E-state index in [4.69, 9.17) is 0 Å². The van der Waals surface area contributed by atoms with Gasteiger partial charge in [0.05, 0.1) is 6.04 Å². The summed E-state index contributed by atoms with van der Waals surface area (Å²) in [7, 11) is 0. The molecule has 1 aromatic carbocycles. The number of likely N-dealkylation sites (N-methyl/N-ethyl adjacent to an activating group) is 1. The summed E-state index contributed by atoms with van der Waals surface area (Å²) in [6.45, 7) is 9.15. The van der Waals surface area contributed by atoms with Crippen LogP contribution in [0.5, 0.6) is 0 Å². The van der Waals surface area contributed by atoms with E-state index in [0.717, 1.165) is 25.9 Å². The predicted octanol–water partition coefficient (Wildman–Crippen LogP) is 2.90. The maximum Gasteiger partial charge on any atom is 0.223 e. The molecule has 1 aliphatic carbocycles. The zero-order chi connectivity index (χ0) is 14.5. The number of carbonyl (C=O) groups excluding carboxylic acids is 1. The lowest BCUT2D eigenvalue weighted by Crippen LogP contribution is -2.38. The molecule has 0 aromatic heterocycles. The highest BCUT2D eigenvalue weighted by molar-refractivity contribution is 5.80. The fourth-order valence-corrected chi connectivity index (χ4v) is 2.60. The lowest BCUT2D eigenvalue weighted by molar-refractivity contribution is -0.122. The maximum atomic E-state index is 11.9. The molecule has 1 amide bonds. The Bertz CT molecular complexity index is 433. The van der Waals surface area contributed by atoms with E-state index in [0.29, 0.717) is 6.54 Å². The Morgan fingerprint density at radius 2 is 1.85 bits per heavy atom. The largest absolute Gasteiger partial charge is 0.354 e. The van der Waals surface area contributed by atoms with Crippen molar-refractivity contribution in [2.24, 2.45) is 5.92 Å². The third kappa shape index (κ3) is 3.83. The number of nitrogens with one attached hydrogen (secondary N) is 1. The predicted molar refractivity (Wildman–Crippen MR) is 82.6 cm³/mol. The van der Waals surface area contributed by atoms with Crippen LogP contribution >= 0.6 is 0 Å². The average Bonchev–Trinajstić information content (AvgIpc) is 3.29. The summed E-state index contributed by atoms with van der Waals surface area (Å²) in [4.78, 5) is 14.3. The van der Waals surface area contributed by atoms with Crippen molar-refractivity contribution in [3.05, 3.63) is 35.4 Å². The molecule has 110 valence electrons. The van der Waals surface area contributed by atoms with Crippen molar-refractivity contribution >= 4 is 5.91 Å². The number of amides is 1. The highest BCUT2D eigenvalue weighted by Gasteiger charge is 2.30. The highest BCUT2D eigenvalue weighted by Crippen LogP contribution is 2.29. The van der Waals surface area contributed by atoms with Gasteiger partial charge in [-0.05, 0) is 38.4 Å². The number of hydrogen-bond donors (Lipinski definition) is 1. The molecule has 1 aliphatic rings. The average molecular weight is 274 g/mol. The van der Waals surface area contributed by atoms with Gasteiger partial charge in [-0.15, -0.1) is 0 Å². The zero-order valence-electron chi connectivity index (χ0n) is 12.9. The SMILES string of the molecule is CCN(CC)C(CNC(=O)C1CC1)c1ccc(C)cc1. The van der Waals surface area contributed by atoms with Crippen molar-refractivity contribution in [2.45, 2.75) is 39.7 Å². The number of nitrogens with zero attached hydrogens (tertiary/aromatic N) is 1. The first-order valence-corrected chi connectivity index (χ1v) is 7.74. The van der Waals surface area contributed by atoms with Gasteiger partial charge in [-0.1, -0.05) is 43.7 Å². The summed E-state index contributed by atoms with van der Waals surface area (Å²) < 4.78 is 0. The summed E-state index contributed by atoms with van der Waals surface area (Å²) in [6.07, 6.45) is 2.12. The molecule has 1 fully saturated rings. The first kappa shape index (κ1) is 15.0. The molecule has 0 bridgehead atoms. The third-order valence-corrected chi connectivity index (χ3v) is 4.13. The van der Waals surface area contributed by atoms with Gasteiger partial charge >= 0.3 is 0 Å². The van der Waals surface area contributed by atoms with Crippen molar-refractivity contribution < 1.29 is 4.79 Å². The Labute approximate surface area is 122 Å². The summed E-state index contributed by atoms with van der Waals surface area (Å²) in [5, 5.41) is 3.13. The molecule has 0 spiro atoms. The van der Waals surface area contributed by atoms with Crippen molar-refractivity contribution in [3.8, 4) is 0 Å². The first-order chi connectivity index (χ1) is 9.65. The van der Waals surface area contributed by atoms with Gasteiger partial charge in [-0.25, -0.2) is 0 Å². The number of benzene rings is 1. The van der Waals surface area contributed by atoms with Crippen molar-refractivity contribution in [2.75, 3.05) is 19.6 Å². The standard InChI is InChI=1S/C17H26N2O/c1-4-19(5-2)16(12-18-17(20)15-10-11-15)14-8-6-13(3)7-9-14/h6-9,15-16H,4-5,10-12H2,1-3H3,(H,18,20). The Balaban J connectivity index is 2.06. The van der Waals surface area contributed by atoms with Gasteiger partial charge < -0.3 is 5.32 Å². The molecule has 0 heterocycles. The van der Waals surface area contributed by atoms with Gasteiger partial charge in [0.1, 0.15) is 0 Å². The van der Waals surface area contributed by atoms with E-state index in [9.17, 15) is 4.79 Å². The second-order valence-corrected chi connectivity index (χ2v) is 5.67. The van der Waals surface area contributed by atoms with Crippen LogP contribution in [0.3, 0.4) is 0 Å². The van der Waals surface area contributed by atoms with Crippen molar-refractivity contribution in [3.63, 3.8) is 0 Å². The summed E-state index contributed by atoms with van der Waals surface area (Å²) >= 11 is 0. The number of carbonyl (C=O) groups is 1. The molecule has 1 N–H and O–H groups in total. The van der Waals surface area contributed by atoms with E-state index in [1.54, 1.807) is 0 Å². The molecular weight excluding hydrogens is 248 g/mol. The Morgan fingerprint density at radius 1 is 1.25 bits per heavy atom. The molecule has 1 aromatic rings. The topological polar surface area (TPSA) is 32.3 Å². The Morgan fingerprint density at radius 3 is 2.35 bits per heavy atom. The van der Waals surface area contributed by atoms with Gasteiger partial charge in [0.15, 0.2) is 0 Å². The minimum atomic E-state index is 0.231. The van der Waals surface area contributed by atoms with Crippen LogP contribution in [-0.2, 0) is 4.79 Å². The van der Waals surface area contributed by atoms with Crippen molar-refractivity contribution in [1.29, 1.82) is 0 Å². The van der Waals surface area contributed by atoms with E-state index in [1.807, 2.05) is 0 Å². The zero-order valence-corrected chi connectivity index (χ0v) is 12.9. The molecule has 1 unspecified atom stereocenters. The molecule has 1 atom stereocenters. The molecular formula is C17H26N2O. The van der Waals surface area contributed by atoms with Crippen LogP contribution in [0.4, 0.5) is 0 Å². The van der Waals surface area contributed by atoms with E-state index in [2.05, 4.69) is 55.3 Å². The summed E-state index contributed by atoms with van der Waals surface area (Å²) in [5.74, 6) is 0.514. The molecule has 0 saturated heterocycles. The lowest BCUT2D eigenvalue weighted by Gasteiger charge is -2.30. The summed E-state index contributed by atoms with van der Waals surface area (Å²) in [6, 6.07) is 8.93. The van der Waals surface area contributed by atoms with Gasteiger partial charge in [0.25, 0.3) is 0 Å². The second-order valence-electron chi connectivity index (χ2n) is 5.67. The Hall–Kier alpha value is -1.35. The van der Waals surface area contributed by atoms with E-state index in [1.165, 1.54) is 11.1 Å². The molecule has 3 nitrogen and oxygen atoms in total. The van der Waals surface area contributed by atoms with Crippen LogP contribution < -0.4 is 5.32 Å². The van der Waals surface area contributed by atoms with Crippen LogP contribution in [0.1, 0.15) is 43.9 Å². The first-order valence-electron chi connectivity index (χ1n) is 7.74.